The second kappa shape index (κ2) is 8.91. The largest absolute Gasteiger partial charge is 0.332 e. The van der Waals surface area contributed by atoms with Crippen LogP contribution >= 0.6 is 23.8 Å². The van der Waals surface area contributed by atoms with E-state index >= 15 is 0 Å². The van der Waals surface area contributed by atoms with Gasteiger partial charge in [-0.1, -0.05) is 29.8 Å². The molecule has 3 N–H and O–H groups in total. The molecule has 1 amide bonds. The monoisotopic (exact) mass is 409 g/mol. The van der Waals surface area contributed by atoms with Crippen molar-refractivity contribution >= 4 is 50.5 Å². The van der Waals surface area contributed by atoms with E-state index in [9.17, 15) is 13.2 Å². The van der Waals surface area contributed by atoms with E-state index in [0.29, 0.717) is 16.3 Å². The lowest BCUT2D eigenvalue weighted by atomic mass is 10.2. The number of benzene rings is 2. The summed E-state index contributed by atoms with van der Waals surface area (Å²) in [6, 6.07) is 12.5. The second-order valence-corrected chi connectivity index (χ2v) is 7.64. The Labute approximate surface area is 162 Å². The molecule has 2 aromatic carbocycles. The summed E-state index contributed by atoms with van der Waals surface area (Å²) in [7, 11) is -3.59. The summed E-state index contributed by atoms with van der Waals surface area (Å²) >= 11 is 11.1. The molecule has 0 aliphatic heterocycles. The molecule has 2 aromatic rings. The standard InChI is InChI=1S/C17H16ClN3O3S2/c1-2-11-19-26(23,24)13-9-7-12(8-10-13)20-17(25)21-16(22)14-5-3-4-6-15(14)18/h2-10,19H,1,11H2,(H2,20,21,22,25). The van der Waals surface area contributed by atoms with E-state index < -0.39 is 15.9 Å². The molecule has 0 bridgehead atoms. The van der Waals surface area contributed by atoms with Crippen LogP contribution in [0.3, 0.4) is 0 Å². The van der Waals surface area contributed by atoms with Crippen LogP contribution in [0.15, 0.2) is 66.1 Å². The van der Waals surface area contributed by atoms with E-state index in [0.717, 1.165) is 0 Å². The van der Waals surface area contributed by atoms with E-state index in [-0.39, 0.29) is 16.6 Å². The van der Waals surface area contributed by atoms with Crippen molar-refractivity contribution in [2.45, 2.75) is 4.90 Å². The van der Waals surface area contributed by atoms with E-state index in [2.05, 4.69) is 21.9 Å². The third kappa shape index (κ3) is 5.37. The van der Waals surface area contributed by atoms with E-state index in [4.69, 9.17) is 23.8 Å². The van der Waals surface area contributed by atoms with Gasteiger partial charge in [-0.15, -0.1) is 6.58 Å². The fraction of sp³-hybridized carbons (Fsp3) is 0.0588. The van der Waals surface area contributed by atoms with Gasteiger partial charge in [-0.3, -0.25) is 10.1 Å². The Morgan fingerprint density at radius 1 is 1.15 bits per heavy atom. The molecule has 26 heavy (non-hydrogen) atoms. The van der Waals surface area contributed by atoms with Crippen molar-refractivity contribution in [3.8, 4) is 0 Å². The van der Waals surface area contributed by atoms with Gasteiger partial charge in [0.25, 0.3) is 5.91 Å². The number of halogens is 1. The molecule has 0 spiro atoms. The highest BCUT2D eigenvalue weighted by Gasteiger charge is 2.13. The number of hydrogen-bond acceptors (Lipinski definition) is 4. The summed E-state index contributed by atoms with van der Waals surface area (Å²) in [5.74, 6) is -0.444. The molecule has 0 saturated heterocycles. The Balaban J connectivity index is 2.00. The predicted octanol–water partition coefficient (Wildman–Crippen LogP) is 2.93. The van der Waals surface area contributed by atoms with Crippen LogP contribution in [-0.2, 0) is 10.0 Å². The third-order valence-corrected chi connectivity index (χ3v) is 5.16. The molecule has 9 heteroatoms. The average molecular weight is 410 g/mol. The molecule has 0 radical (unpaired) electrons. The van der Waals surface area contributed by atoms with Crippen molar-refractivity contribution in [1.82, 2.24) is 10.0 Å². The van der Waals surface area contributed by atoms with Gasteiger partial charge >= 0.3 is 0 Å². The van der Waals surface area contributed by atoms with Crippen LogP contribution in [0.4, 0.5) is 5.69 Å². The molecule has 0 atom stereocenters. The normalized spacial score (nSPS) is 10.8. The molecule has 0 fully saturated rings. The van der Waals surface area contributed by atoms with Crippen molar-refractivity contribution in [3.05, 3.63) is 71.8 Å². The zero-order chi connectivity index (χ0) is 19.2. The van der Waals surface area contributed by atoms with Crippen molar-refractivity contribution in [2.75, 3.05) is 11.9 Å². The maximum atomic E-state index is 12.1. The Hall–Kier alpha value is -2.26. The van der Waals surface area contributed by atoms with Crippen LogP contribution in [0.5, 0.6) is 0 Å². The minimum Gasteiger partial charge on any atom is -0.332 e. The highest BCUT2D eigenvalue weighted by atomic mass is 35.5. The lowest BCUT2D eigenvalue weighted by molar-refractivity contribution is 0.0978. The van der Waals surface area contributed by atoms with Crippen molar-refractivity contribution in [2.24, 2.45) is 0 Å². The van der Waals surface area contributed by atoms with Gasteiger partial charge in [0.2, 0.25) is 10.0 Å². The maximum absolute atomic E-state index is 12.1. The van der Waals surface area contributed by atoms with E-state index in [1.54, 1.807) is 24.3 Å². The molecular formula is C17H16ClN3O3S2. The van der Waals surface area contributed by atoms with Crippen LogP contribution in [0.1, 0.15) is 10.4 Å². The fourth-order valence-corrected chi connectivity index (χ4v) is 3.38. The highest BCUT2D eigenvalue weighted by molar-refractivity contribution is 7.89. The van der Waals surface area contributed by atoms with Gasteiger partial charge < -0.3 is 5.32 Å². The number of carbonyl (C=O) groups excluding carboxylic acids is 1. The van der Waals surface area contributed by atoms with Crippen molar-refractivity contribution in [1.29, 1.82) is 0 Å². The second-order valence-electron chi connectivity index (χ2n) is 5.05. The summed E-state index contributed by atoms with van der Waals surface area (Å²) in [6.45, 7) is 3.60. The molecule has 6 nitrogen and oxygen atoms in total. The van der Waals surface area contributed by atoms with Crippen LogP contribution in [0, 0.1) is 0 Å². The number of nitrogens with one attached hydrogen (secondary N) is 3. The van der Waals surface area contributed by atoms with Gasteiger partial charge in [0.1, 0.15) is 0 Å². The van der Waals surface area contributed by atoms with Gasteiger partial charge in [-0.2, -0.15) is 0 Å². The molecule has 2 rings (SSSR count). The Bertz CT molecular complexity index is 929. The number of amides is 1. The lowest BCUT2D eigenvalue weighted by Gasteiger charge is -2.11. The summed E-state index contributed by atoms with van der Waals surface area (Å²) < 4.78 is 26.3. The van der Waals surface area contributed by atoms with Gasteiger partial charge in [0, 0.05) is 12.2 Å². The molecule has 0 heterocycles. The third-order valence-electron chi connectivity index (χ3n) is 3.19. The van der Waals surface area contributed by atoms with Crippen molar-refractivity contribution in [3.63, 3.8) is 0 Å². The quantitative estimate of drug-likeness (QED) is 0.504. The van der Waals surface area contributed by atoms with Crippen LogP contribution in [0.2, 0.25) is 5.02 Å². The fourth-order valence-electron chi connectivity index (χ4n) is 1.95. The first-order valence-corrected chi connectivity index (χ1v) is 9.68. The van der Waals surface area contributed by atoms with E-state index in [1.165, 1.54) is 30.3 Å². The van der Waals surface area contributed by atoms with Gasteiger partial charge in [0.15, 0.2) is 5.11 Å². The number of carbonyl (C=O) groups is 1. The summed E-state index contributed by atoms with van der Waals surface area (Å²) in [6.07, 6.45) is 1.45. The smallest absolute Gasteiger partial charge is 0.258 e. The maximum Gasteiger partial charge on any atom is 0.258 e. The predicted molar refractivity (Wildman–Crippen MR) is 107 cm³/mol. The number of hydrogen-bond donors (Lipinski definition) is 3. The number of sulfonamides is 1. The Kier molecular flexibility index (Phi) is 6.87. The molecule has 0 saturated carbocycles. The van der Waals surface area contributed by atoms with Crippen molar-refractivity contribution < 1.29 is 13.2 Å². The number of anilines is 1. The first-order valence-electron chi connectivity index (χ1n) is 7.41. The van der Waals surface area contributed by atoms with Gasteiger partial charge in [-0.25, -0.2) is 13.1 Å². The average Bonchev–Trinajstić information content (AvgIpc) is 2.60. The van der Waals surface area contributed by atoms with Crippen LogP contribution in [-0.4, -0.2) is 26.0 Å². The lowest BCUT2D eigenvalue weighted by Crippen LogP contribution is -2.34. The first kappa shape index (κ1) is 20.1. The Morgan fingerprint density at radius 3 is 2.42 bits per heavy atom. The van der Waals surface area contributed by atoms with E-state index in [1.807, 2.05) is 0 Å². The molecule has 0 aliphatic rings. The minimum atomic E-state index is -3.59. The SMILES string of the molecule is C=CCNS(=O)(=O)c1ccc(NC(=S)NC(=O)c2ccccc2Cl)cc1. The first-order chi connectivity index (χ1) is 12.3. The van der Waals surface area contributed by atoms with Crippen LogP contribution < -0.4 is 15.4 Å². The summed E-state index contributed by atoms with van der Waals surface area (Å²) in [5, 5.41) is 5.70. The van der Waals surface area contributed by atoms with Gasteiger partial charge in [-0.05, 0) is 48.6 Å². The Morgan fingerprint density at radius 2 is 1.81 bits per heavy atom. The molecule has 136 valence electrons. The zero-order valence-electron chi connectivity index (χ0n) is 13.5. The molecule has 0 aliphatic carbocycles. The molecule has 0 unspecified atom stereocenters. The van der Waals surface area contributed by atoms with Gasteiger partial charge in [0.05, 0.1) is 15.5 Å². The minimum absolute atomic E-state index is 0.0651. The topological polar surface area (TPSA) is 87.3 Å². The highest BCUT2D eigenvalue weighted by Crippen LogP contribution is 2.16. The number of rotatable bonds is 6. The molecule has 0 aromatic heterocycles. The summed E-state index contributed by atoms with van der Waals surface area (Å²) in [5.41, 5.74) is 0.824. The molecular weight excluding hydrogens is 394 g/mol. The number of thiocarbonyl (C=S) groups is 1. The zero-order valence-corrected chi connectivity index (χ0v) is 15.9. The van der Waals surface area contributed by atoms with Crippen LogP contribution in [0.25, 0.3) is 0 Å². The summed E-state index contributed by atoms with van der Waals surface area (Å²) in [4.78, 5) is 12.2.